The first kappa shape index (κ1) is 15.0. The number of benzene rings is 1. The molecule has 0 heterocycles. The second-order valence-electron chi connectivity index (χ2n) is 4.83. The molecule has 1 amide bonds. The van der Waals surface area contributed by atoms with E-state index in [9.17, 15) is 14.4 Å². The number of carbonyl (C=O) groups excluding carboxylic acids is 3. The summed E-state index contributed by atoms with van der Waals surface area (Å²) in [5.41, 5.74) is 0.665. The molecule has 0 fully saturated rings. The first-order valence-corrected chi connectivity index (χ1v) is 6.86. The molecule has 1 aliphatic rings. The summed E-state index contributed by atoms with van der Waals surface area (Å²) >= 11 is 0. The van der Waals surface area contributed by atoms with Crippen LogP contribution in [0.25, 0.3) is 0 Å². The zero-order valence-corrected chi connectivity index (χ0v) is 11.6. The number of amides is 1. The van der Waals surface area contributed by atoms with Gasteiger partial charge in [0.05, 0.1) is 0 Å². The van der Waals surface area contributed by atoms with E-state index in [1.54, 1.807) is 36.4 Å². The Labute approximate surface area is 123 Å². The van der Waals surface area contributed by atoms with Crippen LogP contribution >= 0.6 is 0 Å². The van der Waals surface area contributed by atoms with E-state index in [1.165, 1.54) is 0 Å². The number of anilines is 1. The molecule has 1 aliphatic carbocycles. The average molecular weight is 287 g/mol. The van der Waals surface area contributed by atoms with Gasteiger partial charge in [0.25, 0.3) is 0 Å². The quantitative estimate of drug-likeness (QED) is 0.842. The van der Waals surface area contributed by atoms with Crippen LogP contribution < -0.4 is 10.1 Å². The monoisotopic (exact) mass is 287 g/mol. The van der Waals surface area contributed by atoms with E-state index >= 15 is 0 Å². The molecule has 0 saturated carbocycles. The standard InChI is InChI=1S/C16H17NO4/c18-10-11-21-15-8-5-13(6-9-15)17-16(20)12-2-1-3-14(19)7-4-12/h1,3,5-6,8-10,12H,2,4,7,11H2,(H,17,20). The van der Waals surface area contributed by atoms with Gasteiger partial charge in [-0.25, -0.2) is 0 Å². The lowest BCUT2D eigenvalue weighted by Gasteiger charge is -2.13. The van der Waals surface area contributed by atoms with Crippen LogP contribution in [0.3, 0.4) is 0 Å². The van der Waals surface area contributed by atoms with Gasteiger partial charge in [-0.1, -0.05) is 6.08 Å². The minimum absolute atomic E-state index is 0.00808. The van der Waals surface area contributed by atoms with Gasteiger partial charge in [-0.2, -0.15) is 0 Å². The van der Waals surface area contributed by atoms with Gasteiger partial charge in [-0.15, -0.1) is 0 Å². The van der Waals surface area contributed by atoms with Crippen LogP contribution in [0.2, 0.25) is 0 Å². The zero-order chi connectivity index (χ0) is 15.1. The molecular weight excluding hydrogens is 270 g/mol. The van der Waals surface area contributed by atoms with Crippen LogP contribution in [0.1, 0.15) is 19.3 Å². The average Bonchev–Trinajstić information content (AvgIpc) is 2.71. The molecule has 0 saturated heterocycles. The second-order valence-corrected chi connectivity index (χ2v) is 4.83. The SMILES string of the molecule is O=CCOc1ccc(NC(=O)C2CC=CC(=O)CC2)cc1. The highest BCUT2D eigenvalue weighted by Gasteiger charge is 2.20. The van der Waals surface area contributed by atoms with E-state index < -0.39 is 0 Å². The molecule has 0 radical (unpaired) electrons. The minimum Gasteiger partial charge on any atom is -0.486 e. The van der Waals surface area contributed by atoms with Gasteiger partial charge in [-0.05, 0) is 43.2 Å². The predicted octanol–water partition coefficient (Wildman–Crippen LogP) is 2.13. The Kier molecular flexibility index (Phi) is 5.26. The smallest absolute Gasteiger partial charge is 0.227 e. The molecule has 0 spiro atoms. The number of allylic oxidation sites excluding steroid dienone is 2. The van der Waals surface area contributed by atoms with Crippen molar-refractivity contribution in [1.29, 1.82) is 0 Å². The fraction of sp³-hybridized carbons (Fsp3) is 0.312. The summed E-state index contributed by atoms with van der Waals surface area (Å²) in [4.78, 5) is 33.6. The maximum Gasteiger partial charge on any atom is 0.227 e. The third kappa shape index (κ3) is 4.56. The van der Waals surface area contributed by atoms with E-state index in [0.717, 1.165) is 0 Å². The number of aldehydes is 1. The molecule has 110 valence electrons. The van der Waals surface area contributed by atoms with Crippen molar-refractivity contribution in [3.63, 3.8) is 0 Å². The first-order valence-electron chi connectivity index (χ1n) is 6.86. The number of nitrogens with one attached hydrogen (secondary N) is 1. The van der Waals surface area contributed by atoms with Gasteiger partial charge in [0.1, 0.15) is 12.4 Å². The molecule has 2 rings (SSSR count). The maximum atomic E-state index is 12.2. The normalized spacial score (nSPS) is 17.9. The van der Waals surface area contributed by atoms with Crippen LogP contribution in [-0.2, 0) is 14.4 Å². The Morgan fingerprint density at radius 3 is 2.81 bits per heavy atom. The molecule has 0 bridgehead atoms. The Morgan fingerprint density at radius 1 is 1.33 bits per heavy atom. The molecule has 1 atom stereocenters. The largest absolute Gasteiger partial charge is 0.486 e. The molecule has 21 heavy (non-hydrogen) atoms. The van der Waals surface area contributed by atoms with Crippen molar-refractivity contribution in [1.82, 2.24) is 0 Å². The van der Waals surface area contributed by atoms with Gasteiger partial charge in [0, 0.05) is 18.0 Å². The fourth-order valence-electron chi connectivity index (χ4n) is 2.13. The number of hydrogen-bond donors (Lipinski definition) is 1. The van der Waals surface area contributed by atoms with E-state index in [4.69, 9.17) is 4.74 Å². The Morgan fingerprint density at radius 2 is 2.10 bits per heavy atom. The fourth-order valence-corrected chi connectivity index (χ4v) is 2.13. The van der Waals surface area contributed by atoms with Crippen LogP contribution in [-0.4, -0.2) is 24.6 Å². The minimum atomic E-state index is -0.182. The molecular formula is C16H17NO4. The first-order chi connectivity index (χ1) is 10.2. The van der Waals surface area contributed by atoms with E-state index in [2.05, 4.69) is 5.32 Å². The van der Waals surface area contributed by atoms with Crippen molar-refractivity contribution in [2.24, 2.45) is 5.92 Å². The van der Waals surface area contributed by atoms with Gasteiger partial charge >= 0.3 is 0 Å². The highest BCUT2D eigenvalue weighted by Crippen LogP contribution is 2.20. The lowest BCUT2D eigenvalue weighted by Crippen LogP contribution is -2.22. The van der Waals surface area contributed by atoms with Crippen molar-refractivity contribution in [2.75, 3.05) is 11.9 Å². The summed E-state index contributed by atoms with van der Waals surface area (Å²) in [7, 11) is 0. The van der Waals surface area contributed by atoms with Crippen LogP contribution in [0.15, 0.2) is 36.4 Å². The molecule has 1 aromatic carbocycles. The molecule has 1 N–H and O–H groups in total. The molecule has 0 aliphatic heterocycles. The third-order valence-electron chi connectivity index (χ3n) is 3.27. The molecule has 0 aromatic heterocycles. The number of carbonyl (C=O) groups is 3. The van der Waals surface area contributed by atoms with Gasteiger partial charge < -0.3 is 10.1 Å². The number of ether oxygens (including phenoxy) is 1. The Bertz CT molecular complexity index is 548. The van der Waals surface area contributed by atoms with Crippen LogP contribution in [0, 0.1) is 5.92 Å². The van der Waals surface area contributed by atoms with Crippen molar-refractivity contribution in [3.05, 3.63) is 36.4 Å². The Hall–Kier alpha value is -2.43. The molecule has 1 aromatic rings. The molecule has 5 heteroatoms. The van der Waals surface area contributed by atoms with E-state index in [0.29, 0.717) is 37.0 Å². The summed E-state index contributed by atoms with van der Waals surface area (Å²) < 4.78 is 5.13. The van der Waals surface area contributed by atoms with Gasteiger partial charge in [-0.3, -0.25) is 14.4 Å². The van der Waals surface area contributed by atoms with Crippen molar-refractivity contribution in [2.45, 2.75) is 19.3 Å². The molecule has 5 nitrogen and oxygen atoms in total. The summed E-state index contributed by atoms with van der Waals surface area (Å²) in [5.74, 6) is 0.375. The highest BCUT2D eigenvalue weighted by molar-refractivity contribution is 5.95. The predicted molar refractivity (Wildman–Crippen MR) is 78.1 cm³/mol. The topological polar surface area (TPSA) is 72.5 Å². The van der Waals surface area contributed by atoms with Crippen molar-refractivity contribution < 1.29 is 19.1 Å². The van der Waals surface area contributed by atoms with Crippen molar-refractivity contribution >= 4 is 23.7 Å². The number of hydrogen-bond acceptors (Lipinski definition) is 4. The lowest BCUT2D eigenvalue weighted by atomic mass is 9.99. The highest BCUT2D eigenvalue weighted by atomic mass is 16.5. The van der Waals surface area contributed by atoms with Crippen LogP contribution in [0.4, 0.5) is 5.69 Å². The summed E-state index contributed by atoms with van der Waals surface area (Å²) in [5, 5.41) is 2.83. The van der Waals surface area contributed by atoms with Crippen LogP contribution in [0.5, 0.6) is 5.75 Å². The summed E-state index contributed by atoms with van der Waals surface area (Å²) in [6, 6.07) is 6.82. The van der Waals surface area contributed by atoms with E-state index in [1.807, 2.05) is 0 Å². The molecule has 1 unspecified atom stereocenters. The zero-order valence-electron chi connectivity index (χ0n) is 11.6. The third-order valence-corrected chi connectivity index (χ3v) is 3.27. The van der Waals surface area contributed by atoms with E-state index in [-0.39, 0.29) is 24.2 Å². The lowest BCUT2D eigenvalue weighted by molar-refractivity contribution is -0.120. The maximum absolute atomic E-state index is 12.2. The van der Waals surface area contributed by atoms with Gasteiger partial charge in [0.2, 0.25) is 5.91 Å². The second kappa shape index (κ2) is 7.38. The Balaban J connectivity index is 1.91. The van der Waals surface area contributed by atoms with Gasteiger partial charge in [0.15, 0.2) is 12.1 Å². The van der Waals surface area contributed by atoms with Crippen molar-refractivity contribution in [3.8, 4) is 5.75 Å². The summed E-state index contributed by atoms with van der Waals surface area (Å²) in [6.45, 7) is 0.00808. The number of rotatable bonds is 5. The number of ketones is 1. The summed E-state index contributed by atoms with van der Waals surface area (Å²) in [6.07, 6.45) is 5.54.